The normalized spacial score (nSPS) is 13.2. The quantitative estimate of drug-likeness (QED) is 0.772. The molecule has 0 bridgehead atoms. The number of carboxylic acids is 1. The zero-order chi connectivity index (χ0) is 15.7. The maximum Gasteiger partial charge on any atom is 0.408 e. The third-order valence-corrected chi connectivity index (χ3v) is 3.98. The number of amides is 1. The van der Waals surface area contributed by atoms with Crippen LogP contribution in [0.2, 0.25) is 0 Å². The number of ether oxygens (including phenoxy) is 1. The minimum atomic E-state index is -1.06. The van der Waals surface area contributed by atoms with E-state index in [4.69, 9.17) is 9.84 Å². The molecule has 0 aliphatic heterocycles. The minimum absolute atomic E-state index is 0.226. The average molecular weight is 311 g/mol. The summed E-state index contributed by atoms with van der Waals surface area (Å²) in [6.45, 7) is 3.65. The van der Waals surface area contributed by atoms with Crippen molar-refractivity contribution in [3.05, 3.63) is 35.9 Å². The smallest absolute Gasteiger partial charge is 0.408 e. The topological polar surface area (TPSA) is 75.6 Å². The SMILES string of the molecule is CCC(C)OC(=O)N[C@@H](CSCc1ccccc1)C(=O)O. The van der Waals surface area contributed by atoms with Crippen molar-refractivity contribution in [1.29, 1.82) is 0 Å². The van der Waals surface area contributed by atoms with Crippen molar-refractivity contribution in [1.82, 2.24) is 5.32 Å². The minimum Gasteiger partial charge on any atom is -0.480 e. The Morgan fingerprint density at radius 1 is 1.33 bits per heavy atom. The summed E-state index contributed by atoms with van der Waals surface area (Å²) in [5.74, 6) is -0.0660. The summed E-state index contributed by atoms with van der Waals surface area (Å²) in [6, 6.07) is 8.82. The Kier molecular flexibility index (Phi) is 7.68. The summed E-state index contributed by atoms with van der Waals surface area (Å²) in [4.78, 5) is 22.7. The number of alkyl carbamates (subject to hydrolysis) is 1. The molecular weight excluding hydrogens is 290 g/mol. The lowest BCUT2D eigenvalue weighted by molar-refractivity contribution is -0.138. The lowest BCUT2D eigenvalue weighted by atomic mass is 10.2. The second kappa shape index (κ2) is 9.28. The van der Waals surface area contributed by atoms with Crippen molar-refractivity contribution in [3.8, 4) is 0 Å². The molecule has 2 N–H and O–H groups in total. The van der Waals surface area contributed by atoms with Crippen LogP contribution in [0.5, 0.6) is 0 Å². The fraction of sp³-hybridized carbons (Fsp3) is 0.467. The molecule has 1 unspecified atom stereocenters. The zero-order valence-electron chi connectivity index (χ0n) is 12.2. The van der Waals surface area contributed by atoms with Gasteiger partial charge in [0.2, 0.25) is 0 Å². The molecule has 0 aliphatic carbocycles. The van der Waals surface area contributed by atoms with Crippen molar-refractivity contribution in [3.63, 3.8) is 0 Å². The molecule has 0 saturated heterocycles. The molecule has 1 aromatic rings. The van der Waals surface area contributed by atoms with Crippen molar-refractivity contribution in [2.24, 2.45) is 0 Å². The third-order valence-electron chi connectivity index (χ3n) is 2.87. The fourth-order valence-electron chi connectivity index (χ4n) is 1.49. The van der Waals surface area contributed by atoms with Crippen LogP contribution in [0.1, 0.15) is 25.8 Å². The molecule has 0 radical (unpaired) electrons. The van der Waals surface area contributed by atoms with Crippen LogP contribution in [0.25, 0.3) is 0 Å². The van der Waals surface area contributed by atoms with Crippen molar-refractivity contribution < 1.29 is 19.4 Å². The molecule has 1 rings (SSSR count). The second-order valence-corrected chi connectivity index (χ2v) is 5.69. The zero-order valence-corrected chi connectivity index (χ0v) is 13.1. The van der Waals surface area contributed by atoms with Crippen molar-refractivity contribution >= 4 is 23.8 Å². The maximum atomic E-state index is 11.6. The van der Waals surface area contributed by atoms with E-state index in [2.05, 4.69) is 5.32 Å². The first-order valence-corrected chi connectivity index (χ1v) is 8.00. The van der Waals surface area contributed by atoms with Gasteiger partial charge in [0.25, 0.3) is 0 Å². The predicted molar refractivity (Wildman–Crippen MR) is 83.4 cm³/mol. The Balaban J connectivity index is 2.39. The number of hydrogen-bond donors (Lipinski definition) is 2. The molecule has 0 heterocycles. The van der Waals surface area contributed by atoms with Gasteiger partial charge in [0.1, 0.15) is 12.1 Å². The Morgan fingerprint density at radius 3 is 2.57 bits per heavy atom. The van der Waals surface area contributed by atoms with Crippen LogP contribution in [-0.2, 0) is 15.3 Å². The van der Waals surface area contributed by atoms with Crippen molar-refractivity contribution in [2.75, 3.05) is 5.75 Å². The molecule has 1 amide bonds. The van der Waals surface area contributed by atoms with Gasteiger partial charge in [-0.2, -0.15) is 11.8 Å². The lowest BCUT2D eigenvalue weighted by Crippen LogP contribution is -2.43. The number of aliphatic carboxylic acids is 1. The number of carbonyl (C=O) groups excluding carboxylic acids is 1. The van der Waals surface area contributed by atoms with Crippen LogP contribution in [0.3, 0.4) is 0 Å². The van der Waals surface area contributed by atoms with E-state index >= 15 is 0 Å². The van der Waals surface area contributed by atoms with Crippen LogP contribution >= 0.6 is 11.8 Å². The first kappa shape index (κ1) is 17.4. The highest BCUT2D eigenvalue weighted by Gasteiger charge is 2.21. The number of hydrogen-bond acceptors (Lipinski definition) is 4. The summed E-state index contributed by atoms with van der Waals surface area (Å²) in [6.07, 6.45) is -0.220. The number of thioether (sulfide) groups is 1. The molecule has 0 spiro atoms. The number of rotatable bonds is 8. The standard InChI is InChI=1S/C15H21NO4S/c1-3-11(2)20-15(19)16-13(14(17)18)10-21-9-12-7-5-4-6-8-12/h4-8,11,13H,3,9-10H2,1-2H3,(H,16,19)(H,17,18)/t11?,13-/m0/s1. The van der Waals surface area contributed by atoms with E-state index in [0.29, 0.717) is 17.9 Å². The molecular formula is C15H21NO4S. The van der Waals surface area contributed by atoms with E-state index in [1.54, 1.807) is 6.92 Å². The van der Waals surface area contributed by atoms with Gasteiger partial charge in [-0.05, 0) is 18.9 Å². The molecule has 0 aromatic heterocycles. The number of carbonyl (C=O) groups is 2. The summed E-state index contributed by atoms with van der Waals surface area (Å²) < 4.78 is 5.02. The molecule has 5 nitrogen and oxygen atoms in total. The molecule has 0 aliphatic rings. The molecule has 21 heavy (non-hydrogen) atoms. The van der Waals surface area contributed by atoms with Crippen LogP contribution in [0.15, 0.2) is 30.3 Å². The summed E-state index contributed by atoms with van der Waals surface area (Å²) in [5.41, 5.74) is 1.12. The van der Waals surface area contributed by atoms with Crippen LogP contribution < -0.4 is 5.32 Å². The number of benzene rings is 1. The Bertz CT molecular complexity index is 452. The highest BCUT2D eigenvalue weighted by atomic mass is 32.2. The van der Waals surface area contributed by atoms with Gasteiger partial charge >= 0.3 is 12.1 Å². The van der Waals surface area contributed by atoms with E-state index in [9.17, 15) is 9.59 Å². The van der Waals surface area contributed by atoms with Gasteiger partial charge < -0.3 is 15.2 Å². The van der Waals surface area contributed by atoms with Gasteiger partial charge in [-0.25, -0.2) is 9.59 Å². The summed E-state index contributed by atoms with van der Waals surface area (Å²) >= 11 is 1.46. The molecule has 116 valence electrons. The Morgan fingerprint density at radius 2 is 2.00 bits per heavy atom. The first-order chi connectivity index (χ1) is 10.0. The van der Waals surface area contributed by atoms with Crippen LogP contribution in [-0.4, -0.2) is 35.1 Å². The van der Waals surface area contributed by atoms with Gasteiger partial charge in [0, 0.05) is 11.5 Å². The molecule has 1 aromatic carbocycles. The van der Waals surface area contributed by atoms with E-state index < -0.39 is 18.1 Å². The fourth-order valence-corrected chi connectivity index (χ4v) is 2.49. The predicted octanol–water partition coefficient (Wildman–Crippen LogP) is 2.90. The molecule has 0 saturated carbocycles. The first-order valence-electron chi connectivity index (χ1n) is 6.84. The van der Waals surface area contributed by atoms with Gasteiger partial charge in [-0.1, -0.05) is 37.3 Å². The largest absolute Gasteiger partial charge is 0.480 e. The lowest BCUT2D eigenvalue weighted by Gasteiger charge is -2.16. The Hall–Kier alpha value is -1.69. The van der Waals surface area contributed by atoms with E-state index in [0.717, 1.165) is 5.56 Å². The van der Waals surface area contributed by atoms with Crippen molar-refractivity contribution in [2.45, 2.75) is 38.2 Å². The van der Waals surface area contributed by atoms with Gasteiger partial charge in [-0.15, -0.1) is 0 Å². The maximum absolute atomic E-state index is 11.6. The van der Waals surface area contributed by atoms with Gasteiger partial charge in [0.05, 0.1) is 0 Å². The molecule has 6 heteroatoms. The van der Waals surface area contributed by atoms with Crippen LogP contribution in [0.4, 0.5) is 4.79 Å². The summed E-state index contributed by atoms with van der Waals surface area (Å²) in [7, 11) is 0. The van der Waals surface area contributed by atoms with E-state index in [1.807, 2.05) is 37.3 Å². The average Bonchev–Trinajstić information content (AvgIpc) is 2.47. The van der Waals surface area contributed by atoms with E-state index in [1.165, 1.54) is 11.8 Å². The Labute approximate surface area is 129 Å². The number of nitrogens with one attached hydrogen (secondary N) is 1. The molecule has 2 atom stereocenters. The van der Waals surface area contributed by atoms with Gasteiger partial charge in [-0.3, -0.25) is 0 Å². The highest BCUT2D eigenvalue weighted by Crippen LogP contribution is 2.13. The molecule has 0 fully saturated rings. The third kappa shape index (κ3) is 7.04. The number of carboxylic acid groups (broad SMARTS) is 1. The summed E-state index contributed by atoms with van der Waals surface area (Å²) in [5, 5.41) is 11.5. The van der Waals surface area contributed by atoms with Gasteiger partial charge in [0.15, 0.2) is 0 Å². The highest BCUT2D eigenvalue weighted by molar-refractivity contribution is 7.98. The second-order valence-electron chi connectivity index (χ2n) is 4.66. The van der Waals surface area contributed by atoms with E-state index in [-0.39, 0.29) is 6.10 Å². The monoisotopic (exact) mass is 311 g/mol. The van der Waals surface area contributed by atoms with Crippen LogP contribution in [0, 0.1) is 0 Å².